The van der Waals surface area contributed by atoms with E-state index in [0.29, 0.717) is 5.69 Å². The van der Waals surface area contributed by atoms with Crippen molar-refractivity contribution in [2.45, 2.75) is 26.7 Å². The van der Waals surface area contributed by atoms with Crippen molar-refractivity contribution in [3.63, 3.8) is 0 Å². The van der Waals surface area contributed by atoms with E-state index in [1.54, 1.807) is 24.3 Å². The Bertz CT molecular complexity index is 676. The number of rotatable bonds is 8. The van der Waals surface area contributed by atoms with Gasteiger partial charge in [0.05, 0.1) is 24.1 Å². The normalized spacial score (nSPS) is 11.1. The Morgan fingerprint density at radius 2 is 1.91 bits per heavy atom. The van der Waals surface area contributed by atoms with Gasteiger partial charge in [0.25, 0.3) is 0 Å². The standard InChI is InChI=1S/C16H23N3O3S/c1-4-13(5-2)16(20)18-10-11-19(23(3,21)22)15-9-7-6-8-14(15)12-17/h6-9,13H,4-5,10-11H2,1-3H3,(H,18,20). The van der Waals surface area contributed by atoms with Crippen molar-refractivity contribution in [3.05, 3.63) is 29.8 Å². The summed E-state index contributed by atoms with van der Waals surface area (Å²) in [5.41, 5.74) is 0.610. The molecule has 0 heterocycles. The van der Waals surface area contributed by atoms with Crippen LogP contribution < -0.4 is 9.62 Å². The molecule has 0 saturated carbocycles. The number of hydrogen-bond donors (Lipinski definition) is 1. The van der Waals surface area contributed by atoms with Crippen molar-refractivity contribution < 1.29 is 13.2 Å². The molecule has 6 nitrogen and oxygen atoms in total. The maximum absolute atomic E-state index is 12.0. The average Bonchev–Trinajstić information content (AvgIpc) is 2.51. The van der Waals surface area contributed by atoms with Gasteiger partial charge in [0.15, 0.2) is 0 Å². The fraction of sp³-hybridized carbons (Fsp3) is 0.500. The Labute approximate surface area is 138 Å². The monoisotopic (exact) mass is 337 g/mol. The summed E-state index contributed by atoms with van der Waals surface area (Å²) in [6, 6.07) is 8.50. The molecule has 0 aliphatic rings. The van der Waals surface area contributed by atoms with Gasteiger partial charge in [-0.2, -0.15) is 5.26 Å². The molecule has 0 aliphatic heterocycles. The maximum Gasteiger partial charge on any atom is 0.232 e. The number of para-hydroxylation sites is 1. The van der Waals surface area contributed by atoms with Crippen LogP contribution in [-0.2, 0) is 14.8 Å². The highest BCUT2D eigenvalue weighted by Crippen LogP contribution is 2.21. The third-order valence-corrected chi connectivity index (χ3v) is 4.84. The highest BCUT2D eigenvalue weighted by molar-refractivity contribution is 7.92. The number of hydrogen-bond acceptors (Lipinski definition) is 4. The number of carbonyl (C=O) groups excluding carboxylic acids is 1. The van der Waals surface area contributed by atoms with Crippen LogP contribution in [0, 0.1) is 17.2 Å². The minimum absolute atomic E-state index is 0.0620. The van der Waals surface area contributed by atoms with Crippen LogP contribution in [0.1, 0.15) is 32.3 Å². The molecule has 0 bridgehead atoms. The van der Waals surface area contributed by atoms with E-state index in [2.05, 4.69) is 5.32 Å². The predicted molar refractivity (Wildman–Crippen MR) is 90.4 cm³/mol. The van der Waals surface area contributed by atoms with Crippen molar-refractivity contribution >= 4 is 21.6 Å². The molecule has 0 saturated heterocycles. The van der Waals surface area contributed by atoms with Crippen molar-refractivity contribution in [1.29, 1.82) is 5.26 Å². The van der Waals surface area contributed by atoms with Gasteiger partial charge in [-0.1, -0.05) is 26.0 Å². The van der Waals surface area contributed by atoms with Gasteiger partial charge in [-0.15, -0.1) is 0 Å². The second-order valence-electron chi connectivity index (χ2n) is 5.27. The molecule has 1 amide bonds. The number of anilines is 1. The number of nitriles is 1. The smallest absolute Gasteiger partial charge is 0.232 e. The minimum atomic E-state index is -3.55. The van der Waals surface area contributed by atoms with E-state index in [9.17, 15) is 13.2 Å². The highest BCUT2D eigenvalue weighted by atomic mass is 32.2. The van der Waals surface area contributed by atoms with E-state index < -0.39 is 10.0 Å². The first-order valence-corrected chi connectivity index (χ1v) is 9.44. The number of nitrogens with one attached hydrogen (secondary N) is 1. The fourth-order valence-electron chi connectivity index (χ4n) is 2.34. The van der Waals surface area contributed by atoms with Crippen LogP contribution in [0.3, 0.4) is 0 Å². The van der Waals surface area contributed by atoms with E-state index in [0.717, 1.165) is 23.4 Å². The number of sulfonamides is 1. The van der Waals surface area contributed by atoms with Gasteiger partial charge in [-0.25, -0.2) is 8.42 Å². The zero-order valence-corrected chi connectivity index (χ0v) is 14.6. The summed E-state index contributed by atoms with van der Waals surface area (Å²) in [5, 5.41) is 11.9. The van der Waals surface area contributed by atoms with Crippen molar-refractivity contribution in [2.75, 3.05) is 23.7 Å². The first-order chi connectivity index (χ1) is 10.8. The lowest BCUT2D eigenvalue weighted by atomic mass is 10.0. The van der Waals surface area contributed by atoms with Crippen molar-refractivity contribution in [2.24, 2.45) is 5.92 Å². The summed E-state index contributed by atoms with van der Waals surface area (Å²) >= 11 is 0. The van der Waals surface area contributed by atoms with Gasteiger partial charge in [-0.05, 0) is 25.0 Å². The lowest BCUT2D eigenvalue weighted by molar-refractivity contribution is -0.125. The Morgan fingerprint density at radius 3 is 2.43 bits per heavy atom. The van der Waals surface area contributed by atoms with E-state index in [1.165, 1.54) is 0 Å². The molecule has 1 N–H and O–H groups in total. The third kappa shape index (κ3) is 5.25. The molecule has 0 aliphatic carbocycles. The first kappa shape index (κ1) is 19.0. The summed E-state index contributed by atoms with van der Waals surface area (Å²) in [6.07, 6.45) is 2.58. The molecule has 1 aromatic carbocycles. The molecular weight excluding hydrogens is 314 g/mol. The zero-order chi connectivity index (χ0) is 17.5. The Kier molecular flexibility index (Phi) is 7.04. The minimum Gasteiger partial charge on any atom is -0.354 e. The van der Waals surface area contributed by atoms with Crippen molar-refractivity contribution in [1.82, 2.24) is 5.32 Å². The van der Waals surface area contributed by atoms with Gasteiger partial charge in [0.1, 0.15) is 6.07 Å². The molecule has 23 heavy (non-hydrogen) atoms. The topological polar surface area (TPSA) is 90.3 Å². The maximum atomic E-state index is 12.0. The van der Waals surface area contributed by atoms with Gasteiger partial charge in [0, 0.05) is 12.5 Å². The molecule has 0 atom stereocenters. The van der Waals surface area contributed by atoms with Crippen LogP contribution in [0.25, 0.3) is 0 Å². The van der Waals surface area contributed by atoms with Gasteiger partial charge in [0.2, 0.25) is 15.9 Å². The predicted octanol–water partition coefficient (Wildman–Crippen LogP) is 1.88. The molecule has 0 unspecified atom stereocenters. The van der Waals surface area contributed by atoms with Crippen LogP contribution in [0.5, 0.6) is 0 Å². The van der Waals surface area contributed by atoms with Crippen LogP contribution in [0.4, 0.5) is 5.69 Å². The van der Waals surface area contributed by atoms with Crippen LogP contribution in [0.15, 0.2) is 24.3 Å². The Balaban J connectivity index is 2.87. The average molecular weight is 337 g/mol. The molecule has 0 radical (unpaired) electrons. The second-order valence-corrected chi connectivity index (χ2v) is 7.18. The molecule has 1 aromatic rings. The largest absolute Gasteiger partial charge is 0.354 e. The number of carbonyl (C=O) groups is 1. The second kappa shape index (κ2) is 8.53. The lowest BCUT2D eigenvalue weighted by Crippen LogP contribution is -2.40. The number of benzene rings is 1. The van der Waals surface area contributed by atoms with Crippen LogP contribution in [-0.4, -0.2) is 33.7 Å². The zero-order valence-electron chi connectivity index (χ0n) is 13.7. The van der Waals surface area contributed by atoms with E-state index in [1.807, 2.05) is 19.9 Å². The third-order valence-electron chi connectivity index (χ3n) is 3.66. The number of amides is 1. The molecule has 126 valence electrons. The molecule has 7 heteroatoms. The lowest BCUT2D eigenvalue weighted by Gasteiger charge is -2.24. The Hall–Kier alpha value is -2.07. The van der Waals surface area contributed by atoms with Gasteiger partial charge in [-0.3, -0.25) is 9.10 Å². The summed E-state index contributed by atoms with van der Waals surface area (Å²) in [4.78, 5) is 12.0. The van der Waals surface area contributed by atoms with E-state index >= 15 is 0 Å². The Morgan fingerprint density at radius 1 is 1.30 bits per heavy atom. The SMILES string of the molecule is CCC(CC)C(=O)NCCN(c1ccccc1C#N)S(C)(=O)=O. The summed E-state index contributed by atoms with van der Waals surface area (Å²) in [7, 11) is -3.55. The molecule has 0 aromatic heterocycles. The molecular formula is C16H23N3O3S. The molecule has 1 rings (SSSR count). The van der Waals surface area contributed by atoms with Gasteiger partial charge < -0.3 is 5.32 Å². The summed E-state index contributed by atoms with van der Waals surface area (Å²) in [6.45, 7) is 4.17. The van der Waals surface area contributed by atoms with Crippen LogP contribution >= 0.6 is 0 Å². The van der Waals surface area contributed by atoms with Gasteiger partial charge >= 0.3 is 0 Å². The highest BCUT2D eigenvalue weighted by Gasteiger charge is 2.21. The first-order valence-electron chi connectivity index (χ1n) is 7.59. The fourth-order valence-corrected chi connectivity index (χ4v) is 3.27. The summed E-state index contributed by atoms with van der Waals surface area (Å²) in [5.74, 6) is -0.134. The van der Waals surface area contributed by atoms with E-state index in [-0.39, 0.29) is 30.5 Å². The van der Waals surface area contributed by atoms with Crippen LogP contribution in [0.2, 0.25) is 0 Å². The van der Waals surface area contributed by atoms with E-state index in [4.69, 9.17) is 5.26 Å². The molecule has 0 spiro atoms. The summed E-state index contributed by atoms with van der Waals surface area (Å²) < 4.78 is 25.2. The molecule has 0 fully saturated rings. The van der Waals surface area contributed by atoms with Crippen molar-refractivity contribution in [3.8, 4) is 6.07 Å². The quantitative estimate of drug-likeness (QED) is 0.784. The number of nitrogens with zero attached hydrogens (tertiary/aromatic N) is 2.